The summed E-state index contributed by atoms with van der Waals surface area (Å²) in [5.74, 6) is 0.592. The molecule has 88 valence electrons. The van der Waals surface area contributed by atoms with Crippen molar-refractivity contribution in [1.29, 1.82) is 0 Å². The summed E-state index contributed by atoms with van der Waals surface area (Å²) in [5.41, 5.74) is 1.20. The van der Waals surface area contributed by atoms with Crippen LogP contribution < -0.4 is 0 Å². The van der Waals surface area contributed by atoms with Gasteiger partial charge in [-0.1, -0.05) is 30.3 Å². The second-order valence-corrected chi connectivity index (χ2v) is 4.42. The van der Waals surface area contributed by atoms with E-state index in [9.17, 15) is 0 Å². The van der Waals surface area contributed by atoms with E-state index in [1.54, 1.807) is 0 Å². The zero-order valence-electron chi connectivity index (χ0n) is 9.27. The molecule has 2 nitrogen and oxygen atoms in total. The Morgan fingerprint density at radius 1 is 1.19 bits per heavy atom. The van der Waals surface area contributed by atoms with Crippen LogP contribution in [0.25, 0.3) is 0 Å². The summed E-state index contributed by atoms with van der Waals surface area (Å²) >= 11 is 5.74. The molecular formula is C13H17ClO2. The summed E-state index contributed by atoms with van der Waals surface area (Å²) < 4.78 is 11.3. The van der Waals surface area contributed by atoms with Crippen molar-refractivity contribution >= 4 is 11.6 Å². The maximum Gasteiger partial charge on any atom is 0.0814 e. The van der Waals surface area contributed by atoms with Gasteiger partial charge in [-0.15, -0.1) is 11.6 Å². The second-order valence-electron chi connectivity index (χ2n) is 4.11. The molecule has 1 aromatic carbocycles. The van der Waals surface area contributed by atoms with E-state index in [4.69, 9.17) is 21.1 Å². The van der Waals surface area contributed by atoms with Gasteiger partial charge in [-0.2, -0.15) is 0 Å². The molecule has 1 heterocycles. The average Bonchev–Trinajstić information content (AvgIpc) is 2.78. The van der Waals surface area contributed by atoms with Gasteiger partial charge in [-0.05, 0) is 18.4 Å². The van der Waals surface area contributed by atoms with Crippen LogP contribution in [0, 0.1) is 0 Å². The molecule has 0 bridgehead atoms. The fraction of sp³-hybridized carbons (Fsp3) is 0.538. The standard InChI is InChI=1S/C13H17ClO2/c14-8-12-6-7-13(16-12)10-15-9-11-4-2-1-3-5-11/h1-5,12-13H,6-10H2. The lowest BCUT2D eigenvalue weighted by atomic mass is 10.2. The van der Waals surface area contributed by atoms with E-state index in [-0.39, 0.29) is 12.2 Å². The van der Waals surface area contributed by atoms with Crippen molar-refractivity contribution < 1.29 is 9.47 Å². The number of alkyl halides is 1. The Morgan fingerprint density at radius 3 is 2.62 bits per heavy atom. The largest absolute Gasteiger partial charge is 0.374 e. The van der Waals surface area contributed by atoms with E-state index < -0.39 is 0 Å². The summed E-state index contributed by atoms with van der Waals surface area (Å²) in [6.45, 7) is 1.33. The monoisotopic (exact) mass is 240 g/mol. The molecule has 1 aliphatic heterocycles. The van der Waals surface area contributed by atoms with Crippen LogP contribution in [0.4, 0.5) is 0 Å². The van der Waals surface area contributed by atoms with Crippen molar-refractivity contribution in [3.63, 3.8) is 0 Å². The molecule has 1 saturated heterocycles. The molecular weight excluding hydrogens is 224 g/mol. The molecule has 1 aromatic rings. The molecule has 3 heteroatoms. The SMILES string of the molecule is ClCC1CCC(COCc2ccccc2)O1. The van der Waals surface area contributed by atoms with Crippen molar-refractivity contribution in [1.82, 2.24) is 0 Å². The first-order valence-corrected chi connectivity index (χ1v) is 6.25. The van der Waals surface area contributed by atoms with E-state index in [2.05, 4.69) is 12.1 Å². The van der Waals surface area contributed by atoms with Gasteiger partial charge in [-0.3, -0.25) is 0 Å². The number of rotatable bonds is 5. The molecule has 1 aliphatic rings. The molecule has 2 atom stereocenters. The lowest BCUT2D eigenvalue weighted by Gasteiger charge is -2.12. The highest BCUT2D eigenvalue weighted by Crippen LogP contribution is 2.20. The molecule has 2 unspecified atom stereocenters. The van der Waals surface area contributed by atoms with E-state index in [0.717, 1.165) is 12.8 Å². The minimum Gasteiger partial charge on any atom is -0.374 e. The predicted octanol–water partition coefficient (Wildman–Crippen LogP) is 2.99. The zero-order valence-corrected chi connectivity index (χ0v) is 10.0. The van der Waals surface area contributed by atoms with Crippen molar-refractivity contribution in [2.75, 3.05) is 12.5 Å². The van der Waals surface area contributed by atoms with Gasteiger partial charge < -0.3 is 9.47 Å². The lowest BCUT2D eigenvalue weighted by Crippen LogP contribution is -2.17. The third-order valence-electron chi connectivity index (χ3n) is 2.78. The summed E-state index contributed by atoms with van der Waals surface area (Å²) in [4.78, 5) is 0. The highest BCUT2D eigenvalue weighted by molar-refractivity contribution is 6.18. The summed E-state index contributed by atoms with van der Waals surface area (Å²) in [6, 6.07) is 10.2. The molecule has 0 amide bonds. The smallest absolute Gasteiger partial charge is 0.0814 e. The summed E-state index contributed by atoms with van der Waals surface area (Å²) in [6.07, 6.45) is 2.58. The van der Waals surface area contributed by atoms with Crippen LogP contribution in [0.15, 0.2) is 30.3 Å². The number of ether oxygens (including phenoxy) is 2. The Morgan fingerprint density at radius 2 is 1.94 bits per heavy atom. The van der Waals surface area contributed by atoms with E-state index in [0.29, 0.717) is 19.1 Å². The van der Waals surface area contributed by atoms with Crippen LogP contribution in [-0.4, -0.2) is 24.7 Å². The maximum absolute atomic E-state index is 5.74. The highest BCUT2D eigenvalue weighted by Gasteiger charge is 2.24. The first kappa shape index (κ1) is 11.9. The number of hydrogen-bond donors (Lipinski definition) is 0. The Labute approximate surface area is 102 Å². The maximum atomic E-state index is 5.74. The highest BCUT2D eigenvalue weighted by atomic mass is 35.5. The lowest BCUT2D eigenvalue weighted by molar-refractivity contribution is -0.0132. The Bertz CT molecular complexity index is 302. The Hall–Kier alpha value is -0.570. The number of halogens is 1. The van der Waals surface area contributed by atoms with E-state index in [1.807, 2.05) is 18.2 Å². The Balaban J connectivity index is 1.65. The second kappa shape index (κ2) is 6.24. The van der Waals surface area contributed by atoms with Crippen molar-refractivity contribution in [2.45, 2.75) is 31.7 Å². The third kappa shape index (κ3) is 3.48. The third-order valence-corrected chi connectivity index (χ3v) is 3.13. The van der Waals surface area contributed by atoms with Crippen LogP contribution in [0.1, 0.15) is 18.4 Å². The molecule has 0 saturated carbocycles. The first-order valence-electron chi connectivity index (χ1n) is 5.71. The topological polar surface area (TPSA) is 18.5 Å². The van der Waals surface area contributed by atoms with Gasteiger partial charge in [0.1, 0.15) is 0 Å². The molecule has 0 N–H and O–H groups in total. The fourth-order valence-corrected chi connectivity index (χ4v) is 2.13. The molecule has 16 heavy (non-hydrogen) atoms. The molecule has 0 radical (unpaired) electrons. The van der Waals surface area contributed by atoms with Crippen molar-refractivity contribution in [2.24, 2.45) is 0 Å². The predicted molar refractivity (Wildman–Crippen MR) is 64.7 cm³/mol. The van der Waals surface area contributed by atoms with Crippen LogP contribution >= 0.6 is 11.6 Å². The molecule has 0 spiro atoms. The molecule has 2 rings (SSSR count). The van der Waals surface area contributed by atoms with E-state index >= 15 is 0 Å². The summed E-state index contributed by atoms with van der Waals surface area (Å²) in [5, 5.41) is 0. The van der Waals surface area contributed by atoms with Gasteiger partial charge in [0.15, 0.2) is 0 Å². The minimum atomic E-state index is 0.229. The van der Waals surface area contributed by atoms with Gasteiger partial charge in [-0.25, -0.2) is 0 Å². The van der Waals surface area contributed by atoms with Gasteiger partial charge >= 0.3 is 0 Å². The van der Waals surface area contributed by atoms with Crippen molar-refractivity contribution in [3.05, 3.63) is 35.9 Å². The van der Waals surface area contributed by atoms with Gasteiger partial charge in [0.2, 0.25) is 0 Å². The summed E-state index contributed by atoms with van der Waals surface area (Å²) in [7, 11) is 0. The van der Waals surface area contributed by atoms with Gasteiger partial charge in [0.25, 0.3) is 0 Å². The van der Waals surface area contributed by atoms with Crippen LogP contribution in [-0.2, 0) is 16.1 Å². The first-order chi connectivity index (χ1) is 7.88. The van der Waals surface area contributed by atoms with Crippen LogP contribution in [0.2, 0.25) is 0 Å². The minimum absolute atomic E-state index is 0.229. The van der Waals surface area contributed by atoms with Crippen LogP contribution in [0.5, 0.6) is 0 Å². The molecule has 0 aliphatic carbocycles. The van der Waals surface area contributed by atoms with Gasteiger partial charge in [0, 0.05) is 5.88 Å². The molecule has 1 fully saturated rings. The fourth-order valence-electron chi connectivity index (χ4n) is 1.90. The normalized spacial score (nSPS) is 24.8. The van der Waals surface area contributed by atoms with E-state index in [1.165, 1.54) is 5.56 Å². The van der Waals surface area contributed by atoms with Gasteiger partial charge in [0.05, 0.1) is 25.4 Å². The Kier molecular flexibility index (Phi) is 4.64. The number of hydrogen-bond acceptors (Lipinski definition) is 2. The average molecular weight is 241 g/mol. The number of benzene rings is 1. The molecule has 0 aromatic heterocycles. The van der Waals surface area contributed by atoms with Crippen molar-refractivity contribution in [3.8, 4) is 0 Å². The van der Waals surface area contributed by atoms with Crippen LogP contribution in [0.3, 0.4) is 0 Å². The zero-order chi connectivity index (χ0) is 11.2. The quantitative estimate of drug-likeness (QED) is 0.737.